The van der Waals surface area contributed by atoms with Crippen molar-refractivity contribution >= 4 is 17.0 Å². The molecule has 0 bridgehead atoms. The molecule has 1 aromatic carbocycles. The number of halogens is 1. The average Bonchev–Trinajstić information content (AvgIpc) is 2.71. The molecule has 0 saturated carbocycles. The van der Waals surface area contributed by atoms with Gasteiger partial charge in [0.05, 0.1) is 12.1 Å². The first-order chi connectivity index (χ1) is 9.31. The van der Waals surface area contributed by atoms with Crippen LogP contribution in [0.4, 0.5) is 9.18 Å². The zero-order valence-corrected chi connectivity index (χ0v) is 12.1. The summed E-state index contributed by atoms with van der Waals surface area (Å²) in [5.41, 5.74) is -0.0275. The fourth-order valence-corrected chi connectivity index (χ4v) is 1.90. The van der Waals surface area contributed by atoms with Gasteiger partial charge in [0.25, 0.3) is 0 Å². The SMILES string of the molecule is CCOC(=O)n1ccc2cc(OC(C)(C)C)c(F)cc21. The molecule has 0 fully saturated rings. The smallest absolute Gasteiger partial charge is 0.418 e. The summed E-state index contributed by atoms with van der Waals surface area (Å²) in [5, 5.41) is 0.721. The van der Waals surface area contributed by atoms with Crippen molar-refractivity contribution in [1.82, 2.24) is 4.57 Å². The molecule has 2 rings (SSSR count). The van der Waals surface area contributed by atoms with E-state index >= 15 is 0 Å². The topological polar surface area (TPSA) is 40.5 Å². The van der Waals surface area contributed by atoms with Crippen LogP contribution in [0, 0.1) is 5.82 Å². The third-order valence-electron chi connectivity index (χ3n) is 2.62. The highest BCUT2D eigenvalue weighted by molar-refractivity contribution is 5.90. The Balaban J connectivity index is 2.45. The molecular formula is C15H18FNO3. The van der Waals surface area contributed by atoms with Crippen LogP contribution >= 0.6 is 0 Å². The Morgan fingerprint density at radius 1 is 1.35 bits per heavy atom. The maximum absolute atomic E-state index is 14.1. The van der Waals surface area contributed by atoms with E-state index in [1.807, 2.05) is 20.8 Å². The fourth-order valence-electron chi connectivity index (χ4n) is 1.90. The number of fused-ring (bicyclic) bond motifs is 1. The molecule has 0 N–H and O–H groups in total. The lowest BCUT2D eigenvalue weighted by molar-refractivity contribution is 0.124. The second-order valence-corrected chi connectivity index (χ2v) is 5.44. The largest absolute Gasteiger partial charge is 0.485 e. The first-order valence-corrected chi connectivity index (χ1v) is 6.48. The molecule has 5 heteroatoms. The highest BCUT2D eigenvalue weighted by Crippen LogP contribution is 2.28. The van der Waals surface area contributed by atoms with Crippen LogP contribution in [0.15, 0.2) is 24.4 Å². The van der Waals surface area contributed by atoms with Crippen LogP contribution in [0.5, 0.6) is 5.75 Å². The van der Waals surface area contributed by atoms with Crippen LogP contribution in [0.1, 0.15) is 27.7 Å². The normalized spacial score (nSPS) is 11.7. The van der Waals surface area contributed by atoms with E-state index in [4.69, 9.17) is 9.47 Å². The molecule has 0 radical (unpaired) electrons. The van der Waals surface area contributed by atoms with E-state index in [1.165, 1.54) is 10.6 Å². The van der Waals surface area contributed by atoms with E-state index in [1.54, 1.807) is 25.3 Å². The summed E-state index contributed by atoms with van der Waals surface area (Å²) in [4.78, 5) is 11.7. The van der Waals surface area contributed by atoms with Gasteiger partial charge in [0.2, 0.25) is 0 Å². The number of aromatic nitrogens is 1. The van der Waals surface area contributed by atoms with Gasteiger partial charge >= 0.3 is 6.09 Å². The van der Waals surface area contributed by atoms with Gasteiger partial charge in [-0.25, -0.2) is 9.18 Å². The quantitative estimate of drug-likeness (QED) is 0.835. The Bertz CT molecular complexity index is 640. The summed E-state index contributed by atoms with van der Waals surface area (Å²) >= 11 is 0. The Morgan fingerprint density at radius 2 is 2.05 bits per heavy atom. The molecule has 0 amide bonds. The first-order valence-electron chi connectivity index (χ1n) is 6.48. The second kappa shape index (κ2) is 5.15. The van der Waals surface area contributed by atoms with E-state index in [0.29, 0.717) is 5.52 Å². The van der Waals surface area contributed by atoms with Gasteiger partial charge in [-0.2, -0.15) is 0 Å². The van der Waals surface area contributed by atoms with Gasteiger partial charge in [-0.3, -0.25) is 4.57 Å². The van der Waals surface area contributed by atoms with Gasteiger partial charge in [-0.15, -0.1) is 0 Å². The highest BCUT2D eigenvalue weighted by Gasteiger charge is 2.18. The number of nitrogens with zero attached hydrogens (tertiary/aromatic N) is 1. The third kappa shape index (κ3) is 2.92. The maximum Gasteiger partial charge on any atom is 0.418 e. The predicted molar refractivity (Wildman–Crippen MR) is 74.7 cm³/mol. The van der Waals surface area contributed by atoms with Crippen LogP contribution in [-0.2, 0) is 4.74 Å². The lowest BCUT2D eigenvalue weighted by Gasteiger charge is -2.21. The average molecular weight is 279 g/mol. The van der Waals surface area contributed by atoms with Crippen molar-refractivity contribution in [1.29, 1.82) is 0 Å². The third-order valence-corrected chi connectivity index (χ3v) is 2.62. The number of carbonyl (C=O) groups excluding carboxylic acids is 1. The number of carbonyl (C=O) groups is 1. The molecule has 0 aliphatic carbocycles. The molecular weight excluding hydrogens is 261 g/mol. The number of ether oxygens (including phenoxy) is 2. The van der Waals surface area contributed by atoms with Crippen LogP contribution in [0.2, 0.25) is 0 Å². The molecule has 1 heterocycles. The lowest BCUT2D eigenvalue weighted by Crippen LogP contribution is -2.23. The van der Waals surface area contributed by atoms with Gasteiger partial charge < -0.3 is 9.47 Å². The minimum absolute atomic E-state index is 0.173. The van der Waals surface area contributed by atoms with Gasteiger partial charge in [0, 0.05) is 17.6 Å². The summed E-state index contributed by atoms with van der Waals surface area (Å²) in [6, 6.07) is 4.60. The summed E-state index contributed by atoms with van der Waals surface area (Å²) < 4.78 is 25.8. The minimum atomic E-state index is -0.522. The van der Waals surface area contributed by atoms with Crippen molar-refractivity contribution in [3.8, 4) is 5.75 Å². The zero-order valence-electron chi connectivity index (χ0n) is 12.1. The van der Waals surface area contributed by atoms with Crippen molar-refractivity contribution in [2.45, 2.75) is 33.3 Å². The van der Waals surface area contributed by atoms with Crippen LogP contribution in [0.25, 0.3) is 10.9 Å². The molecule has 0 aliphatic rings. The number of rotatable bonds is 2. The summed E-state index contributed by atoms with van der Waals surface area (Å²) in [6.07, 6.45) is 1.04. The molecule has 0 atom stereocenters. The molecule has 108 valence electrons. The van der Waals surface area contributed by atoms with Gasteiger partial charge in [-0.05, 0) is 39.8 Å². The first kappa shape index (κ1) is 14.4. The molecule has 0 aliphatic heterocycles. The fraction of sp³-hybridized carbons (Fsp3) is 0.400. The van der Waals surface area contributed by atoms with Crippen molar-refractivity contribution in [3.63, 3.8) is 0 Å². The zero-order chi connectivity index (χ0) is 14.9. The van der Waals surface area contributed by atoms with E-state index in [9.17, 15) is 9.18 Å². The molecule has 4 nitrogen and oxygen atoms in total. The van der Waals surface area contributed by atoms with Crippen molar-refractivity contribution in [2.24, 2.45) is 0 Å². The number of hydrogen-bond acceptors (Lipinski definition) is 3. The second-order valence-electron chi connectivity index (χ2n) is 5.44. The van der Waals surface area contributed by atoms with Crippen molar-refractivity contribution < 1.29 is 18.7 Å². The molecule has 20 heavy (non-hydrogen) atoms. The Hall–Kier alpha value is -2.04. The number of benzene rings is 1. The maximum atomic E-state index is 14.1. The highest BCUT2D eigenvalue weighted by atomic mass is 19.1. The van der Waals surface area contributed by atoms with Gasteiger partial charge in [0.1, 0.15) is 5.60 Å². The minimum Gasteiger partial charge on any atom is -0.485 e. The standard InChI is InChI=1S/C15H18FNO3/c1-5-19-14(18)17-7-6-10-8-13(20-15(2,3)4)11(16)9-12(10)17/h6-9H,5H2,1-4H3. The van der Waals surface area contributed by atoms with Crippen LogP contribution < -0.4 is 4.74 Å². The van der Waals surface area contributed by atoms with E-state index < -0.39 is 17.5 Å². The molecule has 2 aromatic rings. The summed E-state index contributed by atoms with van der Waals surface area (Å²) in [7, 11) is 0. The van der Waals surface area contributed by atoms with E-state index in [0.717, 1.165) is 5.39 Å². The van der Waals surface area contributed by atoms with Crippen LogP contribution in [0.3, 0.4) is 0 Å². The van der Waals surface area contributed by atoms with E-state index in [2.05, 4.69) is 0 Å². The summed E-state index contributed by atoms with van der Waals surface area (Å²) in [6.45, 7) is 7.53. The summed E-state index contributed by atoms with van der Waals surface area (Å²) in [5.74, 6) is -0.330. The van der Waals surface area contributed by atoms with Crippen molar-refractivity contribution in [3.05, 3.63) is 30.2 Å². The van der Waals surface area contributed by atoms with Gasteiger partial charge in [-0.1, -0.05) is 0 Å². The van der Waals surface area contributed by atoms with Gasteiger partial charge in [0.15, 0.2) is 11.6 Å². The number of hydrogen-bond donors (Lipinski definition) is 0. The predicted octanol–water partition coefficient (Wildman–Crippen LogP) is 3.96. The van der Waals surface area contributed by atoms with Crippen LogP contribution in [-0.4, -0.2) is 22.9 Å². The van der Waals surface area contributed by atoms with Crippen molar-refractivity contribution in [2.75, 3.05) is 6.61 Å². The van der Waals surface area contributed by atoms with E-state index in [-0.39, 0.29) is 12.4 Å². The Kier molecular flexibility index (Phi) is 3.70. The lowest BCUT2D eigenvalue weighted by atomic mass is 10.2. The molecule has 0 unspecified atom stereocenters. The Morgan fingerprint density at radius 3 is 2.65 bits per heavy atom. The monoisotopic (exact) mass is 279 g/mol. The Labute approximate surface area is 117 Å². The molecule has 0 spiro atoms. The molecule has 0 saturated heterocycles. The molecule has 1 aromatic heterocycles.